The molecule has 1 aromatic rings. The minimum Gasteiger partial charge on any atom is -0.339 e. The zero-order valence-electron chi connectivity index (χ0n) is 11.4. The van der Waals surface area contributed by atoms with Crippen LogP contribution in [-0.2, 0) is 11.2 Å². The molecule has 0 saturated carbocycles. The number of hydrogen-bond donors (Lipinski definition) is 1. The number of nitrogens with zero attached hydrogens (tertiary/aromatic N) is 2. The molecule has 1 atom stereocenters. The molecular formula is C13H23N3OS. The van der Waals surface area contributed by atoms with Gasteiger partial charge in [0.05, 0.1) is 11.2 Å². The van der Waals surface area contributed by atoms with Crippen LogP contribution in [0.25, 0.3) is 0 Å². The Labute approximate surface area is 113 Å². The number of rotatable bonds is 7. The lowest BCUT2D eigenvalue weighted by Crippen LogP contribution is -2.29. The van der Waals surface area contributed by atoms with E-state index in [9.17, 15) is 0 Å². The molecule has 0 radical (unpaired) electrons. The summed E-state index contributed by atoms with van der Waals surface area (Å²) >= 11 is 1.87. The average Bonchev–Trinajstić information content (AvgIpc) is 2.99. The summed E-state index contributed by atoms with van der Waals surface area (Å²) in [7, 11) is 0. The predicted octanol–water partition coefficient (Wildman–Crippen LogP) is 2.74. The van der Waals surface area contributed by atoms with Gasteiger partial charge in [0, 0.05) is 6.54 Å². The van der Waals surface area contributed by atoms with Crippen molar-refractivity contribution in [1.29, 1.82) is 0 Å². The third-order valence-electron chi connectivity index (χ3n) is 3.47. The maximum Gasteiger partial charge on any atom is 0.234 e. The van der Waals surface area contributed by atoms with Crippen molar-refractivity contribution < 1.29 is 4.52 Å². The van der Waals surface area contributed by atoms with Crippen LogP contribution >= 0.6 is 11.8 Å². The van der Waals surface area contributed by atoms with E-state index in [0.29, 0.717) is 0 Å². The molecule has 4 nitrogen and oxygen atoms in total. The smallest absolute Gasteiger partial charge is 0.234 e. The first kappa shape index (κ1) is 13.9. The standard InChI is InChI=1S/C13H23N3OS/c1-3-5-13(6-7-14-10-13)12-15-11(16-17-12)9-18-8-4-2/h14H,3-10H2,1-2H3. The second-order valence-electron chi connectivity index (χ2n) is 5.03. The molecule has 2 heterocycles. The Morgan fingerprint density at radius 3 is 2.94 bits per heavy atom. The summed E-state index contributed by atoms with van der Waals surface area (Å²) in [5, 5.41) is 7.55. The van der Waals surface area contributed by atoms with Crippen LogP contribution < -0.4 is 5.32 Å². The van der Waals surface area contributed by atoms with Crippen molar-refractivity contribution in [2.24, 2.45) is 0 Å². The summed E-state index contributed by atoms with van der Waals surface area (Å²) in [6.45, 7) is 6.44. The van der Waals surface area contributed by atoms with Crippen molar-refractivity contribution in [3.05, 3.63) is 11.7 Å². The van der Waals surface area contributed by atoms with Gasteiger partial charge < -0.3 is 9.84 Å². The highest BCUT2D eigenvalue weighted by Crippen LogP contribution is 2.34. The van der Waals surface area contributed by atoms with E-state index in [1.165, 1.54) is 6.42 Å². The van der Waals surface area contributed by atoms with Crippen LogP contribution in [0.3, 0.4) is 0 Å². The maximum atomic E-state index is 5.52. The minimum atomic E-state index is 0.0927. The Morgan fingerprint density at radius 1 is 1.39 bits per heavy atom. The van der Waals surface area contributed by atoms with Crippen LogP contribution in [-0.4, -0.2) is 29.0 Å². The molecule has 0 aromatic carbocycles. The van der Waals surface area contributed by atoms with Gasteiger partial charge in [0.15, 0.2) is 5.82 Å². The van der Waals surface area contributed by atoms with Gasteiger partial charge in [-0.25, -0.2) is 0 Å². The molecule has 0 bridgehead atoms. The molecule has 0 aliphatic carbocycles. The highest BCUT2D eigenvalue weighted by Gasteiger charge is 2.39. The molecule has 5 heteroatoms. The molecule has 1 N–H and O–H groups in total. The molecule has 102 valence electrons. The zero-order valence-corrected chi connectivity index (χ0v) is 12.2. The molecule has 0 spiro atoms. The van der Waals surface area contributed by atoms with Crippen molar-refractivity contribution in [1.82, 2.24) is 15.5 Å². The summed E-state index contributed by atoms with van der Waals surface area (Å²) < 4.78 is 5.52. The molecule has 2 rings (SSSR count). The summed E-state index contributed by atoms with van der Waals surface area (Å²) in [6.07, 6.45) is 4.59. The lowest BCUT2D eigenvalue weighted by molar-refractivity contribution is 0.276. The molecule has 1 saturated heterocycles. The Hall–Kier alpha value is -0.550. The van der Waals surface area contributed by atoms with E-state index in [1.807, 2.05) is 11.8 Å². The van der Waals surface area contributed by atoms with Crippen LogP contribution in [0.2, 0.25) is 0 Å². The van der Waals surface area contributed by atoms with E-state index in [4.69, 9.17) is 4.52 Å². The predicted molar refractivity (Wildman–Crippen MR) is 74.8 cm³/mol. The van der Waals surface area contributed by atoms with Crippen molar-refractivity contribution >= 4 is 11.8 Å². The Morgan fingerprint density at radius 2 is 2.28 bits per heavy atom. The van der Waals surface area contributed by atoms with Crippen LogP contribution in [0.1, 0.15) is 51.2 Å². The van der Waals surface area contributed by atoms with E-state index in [2.05, 4.69) is 29.3 Å². The molecule has 0 amide bonds. The van der Waals surface area contributed by atoms with E-state index in [0.717, 1.165) is 55.6 Å². The quantitative estimate of drug-likeness (QED) is 0.771. The number of nitrogens with one attached hydrogen (secondary N) is 1. The third-order valence-corrected chi connectivity index (χ3v) is 4.63. The number of aromatic nitrogens is 2. The monoisotopic (exact) mass is 269 g/mol. The fraction of sp³-hybridized carbons (Fsp3) is 0.846. The van der Waals surface area contributed by atoms with Crippen molar-refractivity contribution in [2.45, 2.75) is 50.7 Å². The molecule has 1 unspecified atom stereocenters. The van der Waals surface area contributed by atoms with Gasteiger partial charge in [-0.2, -0.15) is 16.7 Å². The van der Waals surface area contributed by atoms with Gasteiger partial charge in [-0.3, -0.25) is 0 Å². The molecule has 1 fully saturated rings. The second kappa shape index (κ2) is 6.57. The van der Waals surface area contributed by atoms with Crippen molar-refractivity contribution in [2.75, 3.05) is 18.8 Å². The first-order valence-electron chi connectivity index (χ1n) is 6.92. The van der Waals surface area contributed by atoms with Crippen LogP contribution in [0, 0.1) is 0 Å². The van der Waals surface area contributed by atoms with Crippen LogP contribution in [0.15, 0.2) is 4.52 Å². The van der Waals surface area contributed by atoms with Crippen LogP contribution in [0.5, 0.6) is 0 Å². The summed E-state index contributed by atoms with van der Waals surface area (Å²) in [4.78, 5) is 4.62. The van der Waals surface area contributed by atoms with Gasteiger partial charge >= 0.3 is 0 Å². The summed E-state index contributed by atoms with van der Waals surface area (Å²) in [5.74, 6) is 3.73. The minimum absolute atomic E-state index is 0.0927. The van der Waals surface area contributed by atoms with Gasteiger partial charge in [-0.1, -0.05) is 25.4 Å². The molecule has 18 heavy (non-hydrogen) atoms. The lowest BCUT2D eigenvalue weighted by Gasteiger charge is -2.22. The van der Waals surface area contributed by atoms with Gasteiger partial charge in [0.1, 0.15) is 0 Å². The fourth-order valence-corrected chi connectivity index (χ4v) is 3.29. The molecule has 1 aromatic heterocycles. The zero-order chi connectivity index (χ0) is 12.8. The third kappa shape index (κ3) is 3.06. The second-order valence-corrected chi connectivity index (χ2v) is 6.13. The normalized spacial score (nSPS) is 23.7. The van der Waals surface area contributed by atoms with E-state index < -0.39 is 0 Å². The maximum absolute atomic E-state index is 5.52. The number of thioether (sulfide) groups is 1. The molecular weight excluding hydrogens is 246 g/mol. The fourth-order valence-electron chi connectivity index (χ4n) is 2.56. The Bertz CT molecular complexity index is 361. The first-order chi connectivity index (χ1) is 8.80. The first-order valence-corrected chi connectivity index (χ1v) is 8.08. The van der Waals surface area contributed by atoms with E-state index in [-0.39, 0.29) is 5.41 Å². The van der Waals surface area contributed by atoms with Gasteiger partial charge in [-0.05, 0) is 31.6 Å². The van der Waals surface area contributed by atoms with Crippen molar-refractivity contribution in [3.63, 3.8) is 0 Å². The molecule has 1 aliphatic heterocycles. The van der Waals surface area contributed by atoms with Gasteiger partial charge in [-0.15, -0.1) is 0 Å². The lowest BCUT2D eigenvalue weighted by atomic mass is 9.82. The molecule has 1 aliphatic rings. The van der Waals surface area contributed by atoms with E-state index in [1.54, 1.807) is 0 Å². The SMILES string of the molecule is CCCSCc1noc(C2(CCC)CCNC2)n1. The average molecular weight is 269 g/mol. The number of hydrogen-bond acceptors (Lipinski definition) is 5. The Kier molecular flexibility index (Phi) is 5.06. The largest absolute Gasteiger partial charge is 0.339 e. The van der Waals surface area contributed by atoms with E-state index >= 15 is 0 Å². The summed E-state index contributed by atoms with van der Waals surface area (Å²) in [5.41, 5.74) is 0.0927. The Balaban J connectivity index is 2.02. The highest BCUT2D eigenvalue weighted by molar-refractivity contribution is 7.98. The van der Waals surface area contributed by atoms with Gasteiger partial charge in [0.2, 0.25) is 5.89 Å². The van der Waals surface area contributed by atoms with Crippen LogP contribution in [0.4, 0.5) is 0 Å². The van der Waals surface area contributed by atoms with Gasteiger partial charge in [0.25, 0.3) is 0 Å². The topological polar surface area (TPSA) is 51.0 Å². The van der Waals surface area contributed by atoms with Crippen molar-refractivity contribution in [3.8, 4) is 0 Å². The summed E-state index contributed by atoms with van der Waals surface area (Å²) in [6, 6.07) is 0. The highest BCUT2D eigenvalue weighted by atomic mass is 32.2.